The Kier molecular flexibility index (Phi) is 6.88. The first-order chi connectivity index (χ1) is 15.3. The molecule has 3 aromatic rings. The number of benzene rings is 2. The summed E-state index contributed by atoms with van der Waals surface area (Å²) in [5.41, 5.74) is 1.74. The van der Waals surface area contributed by atoms with E-state index in [0.29, 0.717) is 18.1 Å². The van der Waals surface area contributed by atoms with Gasteiger partial charge in [0.1, 0.15) is 5.82 Å². The number of aromatic nitrogens is 4. The minimum absolute atomic E-state index is 0.129. The van der Waals surface area contributed by atoms with Crippen molar-refractivity contribution < 1.29 is 9.13 Å². The average molecular weight is 458 g/mol. The van der Waals surface area contributed by atoms with Gasteiger partial charge >= 0.3 is 0 Å². The Morgan fingerprint density at radius 1 is 1.16 bits per heavy atom. The van der Waals surface area contributed by atoms with Crippen molar-refractivity contribution >= 4 is 11.6 Å². The van der Waals surface area contributed by atoms with Crippen molar-refractivity contribution in [3.8, 4) is 0 Å². The van der Waals surface area contributed by atoms with Crippen LogP contribution in [0, 0.1) is 5.82 Å². The van der Waals surface area contributed by atoms with E-state index < -0.39 is 0 Å². The Labute approximate surface area is 193 Å². The summed E-state index contributed by atoms with van der Waals surface area (Å²) in [7, 11) is 0. The molecule has 0 spiro atoms. The van der Waals surface area contributed by atoms with E-state index in [1.807, 2.05) is 41.1 Å². The highest BCUT2D eigenvalue weighted by Crippen LogP contribution is 2.32. The van der Waals surface area contributed by atoms with Gasteiger partial charge in [-0.1, -0.05) is 35.9 Å². The zero-order valence-electron chi connectivity index (χ0n) is 18.7. The lowest BCUT2D eigenvalue weighted by Crippen LogP contribution is -2.39. The van der Waals surface area contributed by atoms with Crippen LogP contribution >= 0.6 is 11.6 Å². The van der Waals surface area contributed by atoms with Crippen molar-refractivity contribution in [2.45, 2.75) is 57.8 Å². The first-order valence-corrected chi connectivity index (χ1v) is 11.3. The van der Waals surface area contributed by atoms with Crippen molar-refractivity contribution in [1.29, 1.82) is 0 Å². The molecule has 2 atom stereocenters. The Bertz CT molecular complexity index is 1010. The molecule has 0 saturated carbocycles. The smallest absolute Gasteiger partial charge is 0.173 e. The molecule has 32 heavy (non-hydrogen) atoms. The standard InChI is InChI=1S/C24H29ClFN5O/c1-24(2,3)31-23(27-28-29-31)22(18-8-12-20(26)13-9-18)30(16-21-5-4-14-32-21)15-17-6-10-19(25)11-7-17/h6-13,21-22H,4-5,14-16H2,1-3H3/t21-,22+/m0/s1. The van der Waals surface area contributed by atoms with E-state index in [-0.39, 0.29) is 23.5 Å². The fourth-order valence-corrected chi connectivity index (χ4v) is 4.27. The number of tetrazole rings is 1. The molecular weight excluding hydrogens is 429 g/mol. The molecule has 8 heteroatoms. The molecule has 0 N–H and O–H groups in total. The van der Waals surface area contributed by atoms with Gasteiger partial charge in [0, 0.05) is 24.7 Å². The van der Waals surface area contributed by atoms with Gasteiger partial charge < -0.3 is 4.74 Å². The van der Waals surface area contributed by atoms with E-state index in [1.54, 1.807) is 0 Å². The van der Waals surface area contributed by atoms with Gasteiger partial charge in [-0.15, -0.1) is 5.10 Å². The maximum atomic E-state index is 13.8. The van der Waals surface area contributed by atoms with E-state index in [9.17, 15) is 4.39 Å². The van der Waals surface area contributed by atoms with Crippen LogP contribution in [0.15, 0.2) is 48.5 Å². The van der Waals surface area contributed by atoms with E-state index in [2.05, 4.69) is 41.2 Å². The molecule has 1 saturated heterocycles. The maximum Gasteiger partial charge on any atom is 0.173 e. The van der Waals surface area contributed by atoms with Gasteiger partial charge in [-0.3, -0.25) is 4.90 Å². The largest absolute Gasteiger partial charge is 0.377 e. The second-order valence-electron chi connectivity index (χ2n) is 9.26. The van der Waals surface area contributed by atoms with Gasteiger partial charge in [0.2, 0.25) is 0 Å². The van der Waals surface area contributed by atoms with Crippen molar-refractivity contribution in [1.82, 2.24) is 25.1 Å². The van der Waals surface area contributed by atoms with Gasteiger partial charge in [-0.05, 0) is 79.4 Å². The number of ether oxygens (including phenoxy) is 1. The third kappa shape index (κ3) is 5.34. The van der Waals surface area contributed by atoms with Gasteiger partial charge in [0.15, 0.2) is 5.82 Å². The summed E-state index contributed by atoms with van der Waals surface area (Å²) in [6.45, 7) is 8.34. The van der Waals surface area contributed by atoms with Crippen LogP contribution in [0.1, 0.15) is 56.6 Å². The van der Waals surface area contributed by atoms with E-state index >= 15 is 0 Å². The molecule has 1 fully saturated rings. The highest BCUT2D eigenvalue weighted by atomic mass is 35.5. The summed E-state index contributed by atoms with van der Waals surface area (Å²) in [6, 6.07) is 14.2. The number of hydrogen-bond donors (Lipinski definition) is 0. The Hall–Kier alpha value is -2.35. The van der Waals surface area contributed by atoms with E-state index in [1.165, 1.54) is 12.1 Å². The van der Waals surface area contributed by atoms with Crippen molar-refractivity contribution in [2.75, 3.05) is 13.2 Å². The van der Waals surface area contributed by atoms with Crippen LogP contribution in [0.4, 0.5) is 4.39 Å². The average Bonchev–Trinajstić information content (AvgIpc) is 3.43. The quantitative estimate of drug-likeness (QED) is 0.500. The maximum absolute atomic E-state index is 13.8. The number of hydrogen-bond acceptors (Lipinski definition) is 5. The molecule has 4 rings (SSSR count). The summed E-state index contributed by atoms with van der Waals surface area (Å²) in [5, 5.41) is 13.4. The molecule has 1 aliphatic rings. The highest BCUT2D eigenvalue weighted by Gasteiger charge is 2.33. The highest BCUT2D eigenvalue weighted by molar-refractivity contribution is 6.30. The second-order valence-corrected chi connectivity index (χ2v) is 9.70. The van der Waals surface area contributed by atoms with Crippen LogP contribution in [-0.2, 0) is 16.8 Å². The zero-order valence-corrected chi connectivity index (χ0v) is 19.5. The summed E-state index contributed by atoms with van der Waals surface area (Å²) in [6.07, 6.45) is 2.20. The predicted octanol–water partition coefficient (Wildman–Crippen LogP) is 4.99. The van der Waals surface area contributed by atoms with E-state index in [4.69, 9.17) is 16.3 Å². The predicted molar refractivity (Wildman–Crippen MR) is 122 cm³/mol. The van der Waals surface area contributed by atoms with Crippen LogP contribution in [-0.4, -0.2) is 44.4 Å². The van der Waals surface area contributed by atoms with Crippen LogP contribution in [0.3, 0.4) is 0 Å². The molecule has 0 radical (unpaired) electrons. The Morgan fingerprint density at radius 3 is 2.50 bits per heavy atom. The van der Waals surface area contributed by atoms with Crippen molar-refractivity contribution in [2.24, 2.45) is 0 Å². The molecule has 2 heterocycles. The van der Waals surface area contributed by atoms with Crippen LogP contribution in [0.2, 0.25) is 5.02 Å². The Morgan fingerprint density at radius 2 is 1.88 bits per heavy atom. The number of nitrogens with zero attached hydrogens (tertiary/aromatic N) is 5. The molecule has 0 amide bonds. The summed E-state index contributed by atoms with van der Waals surface area (Å²) in [4.78, 5) is 2.32. The monoisotopic (exact) mass is 457 g/mol. The number of rotatable bonds is 7. The zero-order chi connectivity index (χ0) is 22.7. The normalized spacial score (nSPS) is 17.8. The molecule has 0 bridgehead atoms. The van der Waals surface area contributed by atoms with Crippen molar-refractivity contribution in [3.05, 3.63) is 76.3 Å². The fraction of sp³-hybridized carbons (Fsp3) is 0.458. The first kappa shape index (κ1) is 22.8. The van der Waals surface area contributed by atoms with Crippen LogP contribution in [0.5, 0.6) is 0 Å². The lowest BCUT2D eigenvalue weighted by Gasteiger charge is -2.34. The second kappa shape index (κ2) is 9.65. The molecule has 2 aromatic carbocycles. The van der Waals surface area contributed by atoms with Gasteiger partial charge in [-0.2, -0.15) is 0 Å². The Balaban J connectivity index is 1.78. The topological polar surface area (TPSA) is 56.1 Å². The minimum atomic E-state index is -0.313. The minimum Gasteiger partial charge on any atom is -0.377 e. The summed E-state index contributed by atoms with van der Waals surface area (Å²) in [5.74, 6) is 0.447. The first-order valence-electron chi connectivity index (χ1n) is 11.0. The lowest BCUT2D eigenvalue weighted by molar-refractivity contribution is 0.0566. The van der Waals surface area contributed by atoms with Crippen LogP contribution < -0.4 is 0 Å². The van der Waals surface area contributed by atoms with Gasteiger partial charge in [-0.25, -0.2) is 9.07 Å². The fourth-order valence-electron chi connectivity index (χ4n) is 4.15. The molecular formula is C24H29ClFN5O. The van der Waals surface area contributed by atoms with E-state index in [0.717, 1.165) is 36.4 Å². The molecule has 1 aliphatic heterocycles. The van der Waals surface area contributed by atoms with Crippen LogP contribution in [0.25, 0.3) is 0 Å². The molecule has 1 aromatic heterocycles. The lowest BCUT2D eigenvalue weighted by atomic mass is 10.0. The third-order valence-corrected chi connectivity index (χ3v) is 5.94. The molecule has 170 valence electrons. The SMILES string of the molecule is CC(C)(C)n1nnnc1[C@@H](c1ccc(F)cc1)N(Cc1ccc(Cl)cc1)C[C@@H]1CCCO1. The van der Waals surface area contributed by atoms with Crippen molar-refractivity contribution in [3.63, 3.8) is 0 Å². The molecule has 0 aliphatic carbocycles. The molecule has 6 nitrogen and oxygen atoms in total. The third-order valence-electron chi connectivity index (χ3n) is 5.69. The molecule has 0 unspecified atom stereocenters. The summed E-state index contributed by atoms with van der Waals surface area (Å²) >= 11 is 6.11. The van der Waals surface area contributed by atoms with Gasteiger partial charge in [0.05, 0.1) is 17.7 Å². The van der Waals surface area contributed by atoms with Gasteiger partial charge in [0.25, 0.3) is 0 Å². The summed E-state index contributed by atoms with van der Waals surface area (Å²) < 4.78 is 21.6. The number of halogens is 2.